The van der Waals surface area contributed by atoms with Crippen LogP contribution in [0.25, 0.3) is 0 Å². The van der Waals surface area contributed by atoms with Gasteiger partial charge in [0.2, 0.25) is 5.91 Å². The quantitative estimate of drug-likeness (QED) is 0.857. The Bertz CT molecular complexity index is 427. The number of carbonyl (C=O) groups excluding carboxylic acids is 1. The van der Waals surface area contributed by atoms with Crippen LogP contribution in [0.15, 0.2) is 18.2 Å². The van der Waals surface area contributed by atoms with E-state index in [-0.39, 0.29) is 5.91 Å². The van der Waals surface area contributed by atoms with E-state index < -0.39 is 0 Å². The molecule has 3 nitrogen and oxygen atoms in total. The van der Waals surface area contributed by atoms with E-state index in [4.69, 9.17) is 0 Å². The minimum absolute atomic E-state index is 0.118. The van der Waals surface area contributed by atoms with Crippen molar-refractivity contribution in [2.45, 2.75) is 39.7 Å². The molecule has 1 heterocycles. The Hall–Kier alpha value is -1.35. The third kappa shape index (κ3) is 3.57. The molecule has 1 aromatic rings. The Morgan fingerprint density at radius 2 is 2.22 bits per heavy atom. The number of anilines is 1. The lowest BCUT2D eigenvalue weighted by Gasteiger charge is -2.18. The normalized spacial score (nSPS) is 14.4. The summed E-state index contributed by atoms with van der Waals surface area (Å²) in [4.78, 5) is 11.8. The van der Waals surface area contributed by atoms with E-state index in [1.54, 1.807) is 0 Å². The van der Waals surface area contributed by atoms with Crippen molar-refractivity contribution in [3.05, 3.63) is 29.3 Å². The molecule has 0 saturated heterocycles. The van der Waals surface area contributed by atoms with Gasteiger partial charge in [-0.05, 0) is 48.6 Å². The number of hydrogen-bond acceptors (Lipinski definition) is 2. The number of fused-ring (bicyclic) bond motifs is 1. The molecule has 2 N–H and O–H groups in total. The minimum atomic E-state index is 0.118. The van der Waals surface area contributed by atoms with Gasteiger partial charge in [-0.2, -0.15) is 0 Å². The van der Waals surface area contributed by atoms with Gasteiger partial charge >= 0.3 is 0 Å². The molecule has 0 saturated carbocycles. The van der Waals surface area contributed by atoms with Crippen molar-refractivity contribution in [3.63, 3.8) is 0 Å². The van der Waals surface area contributed by atoms with Crippen LogP contribution in [0.3, 0.4) is 0 Å². The SMILES string of the molecule is CC(C)CCC(=O)Nc1ccc2c(c1)CNCC2. The molecule has 1 aromatic carbocycles. The summed E-state index contributed by atoms with van der Waals surface area (Å²) in [6, 6.07) is 6.24. The zero-order valence-corrected chi connectivity index (χ0v) is 11.3. The van der Waals surface area contributed by atoms with Gasteiger partial charge in [-0.3, -0.25) is 4.79 Å². The van der Waals surface area contributed by atoms with Crippen LogP contribution in [0.2, 0.25) is 0 Å². The molecule has 1 aliphatic rings. The lowest BCUT2D eigenvalue weighted by Crippen LogP contribution is -2.23. The average molecular weight is 246 g/mol. The van der Waals surface area contributed by atoms with Gasteiger partial charge in [-0.25, -0.2) is 0 Å². The number of nitrogens with one attached hydrogen (secondary N) is 2. The maximum Gasteiger partial charge on any atom is 0.224 e. The molecule has 1 aliphatic heterocycles. The predicted octanol–water partition coefficient (Wildman–Crippen LogP) is 2.71. The van der Waals surface area contributed by atoms with Gasteiger partial charge in [-0.1, -0.05) is 19.9 Å². The largest absolute Gasteiger partial charge is 0.326 e. The fourth-order valence-corrected chi connectivity index (χ4v) is 2.20. The van der Waals surface area contributed by atoms with Crippen LogP contribution in [-0.4, -0.2) is 12.5 Å². The number of rotatable bonds is 4. The van der Waals surface area contributed by atoms with Gasteiger partial charge in [0.1, 0.15) is 0 Å². The van der Waals surface area contributed by atoms with E-state index in [2.05, 4.69) is 36.6 Å². The molecule has 18 heavy (non-hydrogen) atoms. The fourth-order valence-electron chi connectivity index (χ4n) is 2.20. The first kappa shape index (κ1) is 13.1. The van der Waals surface area contributed by atoms with E-state index in [0.717, 1.165) is 31.6 Å². The molecule has 0 aromatic heterocycles. The van der Waals surface area contributed by atoms with Gasteiger partial charge in [0.05, 0.1) is 0 Å². The van der Waals surface area contributed by atoms with Gasteiger partial charge in [0.25, 0.3) is 0 Å². The summed E-state index contributed by atoms with van der Waals surface area (Å²) < 4.78 is 0. The number of hydrogen-bond donors (Lipinski definition) is 2. The van der Waals surface area contributed by atoms with E-state index in [1.165, 1.54) is 11.1 Å². The van der Waals surface area contributed by atoms with Gasteiger partial charge in [0.15, 0.2) is 0 Å². The van der Waals surface area contributed by atoms with E-state index in [1.807, 2.05) is 6.07 Å². The third-order valence-corrected chi connectivity index (χ3v) is 3.33. The maximum atomic E-state index is 11.8. The molecule has 0 radical (unpaired) electrons. The first-order valence-electron chi connectivity index (χ1n) is 6.77. The Labute approximate surface area is 109 Å². The van der Waals surface area contributed by atoms with Crippen molar-refractivity contribution in [2.75, 3.05) is 11.9 Å². The van der Waals surface area contributed by atoms with Crippen molar-refractivity contribution >= 4 is 11.6 Å². The van der Waals surface area contributed by atoms with Gasteiger partial charge in [-0.15, -0.1) is 0 Å². The number of carbonyl (C=O) groups is 1. The predicted molar refractivity (Wildman–Crippen MR) is 74.6 cm³/mol. The molecule has 3 heteroatoms. The molecule has 98 valence electrons. The summed E-state index contributed by atoms with van der Waals surface area (Å²) in [6.45, 7) is 6.23. The summed E-state index contributed by atoms with van der Waals surface area (Å²) in [6.07, 6.45) is 2.63. The Morgan fingerprint density at radius 3 is 3.00 bits per heavy atom. The number of amides is 1. The molecule has 0 bridgehead atoms. The van der Waals surface area contributed by atoms with Crippen molar-refractivity contribution in [1.82, 2.24) is 5.32 Å². The summed E-state index contributed by atoms with van der Waals surface area (Å²) in [5.41, 5.74) is 3.63. The lowest BCUT2D eigenvalue weighted by atomic mass is 10.0. The fraction of sp³-hybridized carbons (Fsp3) is 0.533. The highest BCUT2D eigenvalue weighted by atomic mass is 16.1. The van der Waals surface area contributed by atoms with Crippen LogP contribution < -0.4 is 10.6 Å². The minimum Gasteiger partial charge on any atom is -0.326 e. The highest BCUT2D eigenvalue weighted by molar-refractivity contribution is 5.90. The Kier molecular flexibility index (Phi) is 4.37. The molecular weight excluding hydrogens is 224 g/mol. The highest BCUT2D eigenvalue weighted by Crippen LogP contribution is 2.19. The van der Waals surface area contributed by atoms with Crippen molar-refractivity contribution in [1.29, 1.82) is 0 Å². The summed E-state index contributed by atoms with van der Waals surface area (Å²) in [5, 5.41) is 6.33. The molecule has 0 spiro atoms. The van der Waals surface area contributed by atoms with Gasteiger partial charge in [0, 0.05) is 18.7 Å². The molecular formula is C15H22N2O. The van der Waals surface area contributed by atoms with Crippen LogP contribution in [-0.2, 0) is 17.8 Å². The third-order valence-electron chi connectivity index (χ3n) is 3.33. The topological polar surface area (TPSA) is 41.1 Å². The zero-order chi connectivity index (χ0) is 13.0. The molecule has 2 rings (SSSR count). The summed E-state index contributed by atoms with van der Waals surface area (Å²) >= 11 is 0. The zero-order valence-electron chi connectivity index (χ0n) is 11.3. The van der Waals surface area contributed by atoms with E-state index in [0.29, 0.717) is 12.3 Å². The van der Waals surface area contributed by atoms with Crippen LogP contribution in [0.4, 0.5) is 5.69 Å². The first-order chi connectivity index (χ1) is 8.65. The van der Waals surface area contributed by atoms with Crippen LogP contribution in [0, 0.1) is 5.92 Å². The van der Waals surface area contributed by atoms with Crippen molar-refractivity contribution < 1.29 is 4.79 Å². The summed E-state index contributed by atoms with van der Waals surface area (Å²) in [7, 11) is 0. The van der Waals surface area contributed by atoms with Crippen LogP contribution in [0.5, 0.6) is 0 Å². The van der Waals surface area contributed by atoms with Crippen LogP contribution >= 0.6 is 0 Å². The summed E-state index contributed by atoms with van der Waals surface area (Å²) in [5.74, 6) is 0.691. The highest BCUT2D eigenvalue weighted by Gasteiger charge is 2.10. The van der Waals surface area contributed by atoms with E-state index >= 15 is 0 Å². The monoisotopic (exact) mass is 246 g/mol. The second-order valence-electron chi connectivity index (χ2n) is 5.39. The van der Waals surface area contributed by atoms with Gasteiger partial charge < -0.3 is 10.6 Å². The number of benzene rings is 1. The molecule has 0 aliphatic carbocycles. The lowest BCUT2D eigenvalue weighted by molar-refractivity contribution is -0.116. The Balaban J connectivity index is 1.95. The average Bonchev–Trinajstić information content (AvgIpc) is 2.36. The van der Waals surface area contributed by atoms with Crippen LogP contribution in [0.1, 0.15) is 37.8 Å². The van der Waals surface area contributed by atoms with E-state index in [9.17, 15) is 4.79 Å². The molecule has 0 unspecified atom stereocenters. The second-order valence-corrected chi connectivity index (χ2v) is 5.39. The standard InChI is InChI=1S/C15H22N2O/c1-11(2)3-6-15(18)17-14-5-4-12-7-8-16-10-13(12)9-14/h4-5,9,11,16H,3,6-8,10H2,1-2H3,(H,17,18). The molecule has 0 atom stereocenters. The van der Waals surface area contributed by atoms with Crippen molar-refractivity contribution in [3.8, 4) is 0 Å². The molecule has 0 fully saturated rings. The maximum absolute atomic E-state index is 11.8. The van der Waals surface area contributed by atoms with Crippen molar-refractivity contribution in [2.24, 2.45) is 5.92 Å². The molecule has 1 amide bonds. The Morgan fingerprint density at radius 1 is 1.39 bits per heavy atom. The smallest absolute Gasteiger partial charge is 0.224 e. The second kappa shape index (κ2) is 6.01. The first-order valence-corrected chi connectivity index (χ1v) is 6.77.